The van der Waals surface area contributed by atoms with Crippen molar-refractivity contribution in [2.24, 2.45) is 11.7 Å². The van der Waals surface area contributed by atoms with Gasteiger partial charge >= 0.3 is 0 Å². The molecule has 1 aliphatic carbocycles. The van der Waals surface area contributed by atoms with Crippen LogP contribution >= 0.6 is 0 Å². The summed E-state index contributed by atoms with van der Waals surface area (Å²) >= 11 is 0. The lowest BCUT2D eigenvalue weighted by Gasteiger charge is -2.27. The number of allylic oxidation sites excluding steroid dienone is 2. The third-order valence-corrected chi connectivity index (χ3v) is 2.85. The van der Waals surface area contributed by atoms with E-state index in [1.54, 1.807) is 0 Å². The van der Waals surface area contributed by atoms with Gasteiger partial charge in [0.2, 0.25) is 0 Å². The van der Waals surface area contributed by atoms with E-state index in [1.165, 1.54) is 5.57 Å². The quantitative estimate of drug-likeness (QED) is 0.686. The van der Waals surface area contributed by atoms with E-state index in [0.29, 0.717) is 12.0 Å². The van der Waals surface area contributed by atoms with Gasteiger partial charge in [-0.2, -0.15) is 0 Å². The summed E-state index contributed by atoms with van der Waals surface area (Å²) in [5.74, 6) is 0.568. The Balaban J connectivity index is 2.17. The molecule has 0 amide bonds. The number of likely N-dealkylation sites (N-methyl/N-ethyl adjacent to an activating group) is 1. The second-order valence-corrected chi connectivity index (χ2v) is 3.69. The van der Waals surface area contributed by atoms with Gasteiger partial charge in [-0.15, -0.1) is 0 Å². The molecule has 2 nitrogen and oxygen atoms in total. The first-order valence-electron chi connectivity index (χ1n) is 4.80. The zero-order valence-corrected chi connectivity index (χ0v) is 7.98. The van der Waals surface area contributed by atoms with E-state index in [9.17, 15) is 0 Å². The Morgan fingerprint density at radius 2 is 2.31 bits per heavy atom. The molecule has 13 heavy (non-hydrogen) atoms. The van der Waals surface area contributed by atoms with E-state index in [2.05, 4.69) is 42.5 Å². The number of fused-ring (bicyclic) bond motifs is 1. The largest absolute Gasteiger partial charge is 0.373 e. The summed E-state index contributed by atoms with van der Waals surface area (Å²) in [5, 5.41) is 0. The maximum atomic E-state index is 5.57. The van der Waals surface area contributed by atoms with Gasteiger partial charge < -0.3 is 10.6 Å². The molecular formula is C11H16N2. The lowest BCUT2D eigenvalue weighted by molar-refractivity contribution is 0.369. The Morgan fingerprint density at radius 3 is 3.08 bits per heavy atom. The molecule has 2 rings (SSSR count). The van der Waals surface area contributed by atoms with E-state index in [-0.39, 0.29) is 0 Å². The molecular weight excluding hydrogens is 160 g/mol. The summed E-state index contributed by atoms with van der Waals surface area (Å²) in [4.78, 5) is 2.25. The van der Waals surface area contributed by atoms with Crippen molar-refractivity contribution in [3.63, 3.8) is 0 Å². The van der Waals surface area contributed by atoms with Crippen LogP contribution in [-0.2, 0) is 0 Å². The van der Waals surface area contributed by atoms with E-state index in [0.717, 1.165) is 13.0 Å². The normalized spacial score (nSPS) is 30.6. The Morgan fingerprint density at radius 1 is 1.46 bits per heavy atom. The van der Waals surface area contributed by atoms with Crippen LogP contribution in [0.5, 0.6) is 0 Å². The van der Waals surface area contributed by atoms with E-state index < -0.39 is 0 Å². The van der Waals surface area contributed by atoms with Crippen molar-refractivity contribution in [3.8, 4) is 0 Å². The van der Waals surface area contributed by atoms with Crippen LogP contribution in [-0.4, -0.2) is 24.5 Å². The van der Waals surface area contributed by atoms with Crippen LogP contribution in [0.2, 0.25) is 0 Å². The van der Waals surface area contributed by atoms with Crippen LogP contribution < -0.4 is 5.73 Å². The van der Waals surface area contributed by atoms with Crippen LogP contribution in [0.15, 0.2) is 36.1 Å². The lowest BCUT2D eigenvalue weighted by atomic mass is 9.87. The van der Waals surface area contributed by atoms with Crippen LogP contribution in [0.1, 0.15) is 6.42 Å². The molecule has 2 aliphatic rings. The van der Waals surface area contributed by atoms with Crippen LogP contribution in [0.3, 0.4) is 0 Å². The minimum absolute atomic E-state index is 0.534. The number of hydrogen-bond donors (Lipinski definition) is 1. The summed E-state index contributed by atoms with van der Waals surface area (Å²) < 4.78 is 0. The second-order valence-electron chi connectivity index (χ2n) is 3.69. The van der Waals surface area contributed by atoms with Gasteiger partial charge in [0.1, 0.15) is 0 Å². The minimum atomic E-state index is 0.534. The van der Waals surface area contributed by atoms with Crippen LogP contribution in [0, 0.1) is 5.92 Å². The SMILES string of the molecule is CN1C=CC2C(CCN)=CC=CC21. The predicted octanol–water partition coefficient (Wildman–Crippen LogP) is 1.28. The fourth-order valence-electron chi connectivity index (χ4n) is 2.11. The average Bonchev–Trinajstić information content (AvgIpc) is 2.50. The fraction of sp³-hybridized carbons (Fsp3) is 0.455. The number of nitrogens with zero attached hydrogens (tertiary/aromatic N) is 1. The maximum absolute atomic E-state index is 5.57. The third-order valence-electron chi connectivity index (χ3n) is 2.85. The maximum Gasteiger partial charge on any atom is 0.0568 e. The van der Waals surface area contributed by atoms with Gasteiger partial charge in [-0.25, -0.2) is 0 Å². The molecule has 2 atom stereocenters. The first-order chi connectivity index (χ1) is 6.33. The highest BCUT2D eigenvalue weighted by Gasteiger charge is 2.28. The van der Waals surface area contributed by atoms with Crippen molar-refractivity contribution >= 4 is 0 Å². The first-order valence-corrected chi connectivity index (χ1v) is 4.80. The molecule has 0 saturated heterocycles. The highest BCUT2D eigenvalue weighted by molar-refractivity contribution is 5.32. The molecule has 0 spiro atoms. The van der Waals surface area contributed by atoms with Crippen molar-refractivity contribution in [2.45, 2.75) is 12.5 Å². The van der Waals surface area contributed by atoms with Gasteiger partial charge in [0.05, 0.1) is 6.04 Å². The van der Waals surface area contributed by atoms with Crippen molar-refractivity contribution in [1.82, 2.24) is 4.90 Å². The molecule has 2 heteroatoms. The summed E-state index contributed by atoms with van der Waals surface area (Å²) in [6.45, 7) is 0.750. The molecule has 2 N–H and O–H groups in total. The summed E-state index contributed by atoms with van der Waals surface area (Å²) in [6.07, 6.45) is 12.1. The third kappa shape index (κ3) is 1.42. The highest BCUT2D eigenvalue weighted by Crippen LogP contribution is 2.31. The monoisotopic (exact) mass is 176 g/mol. The second kappa shape index (κ2) is 3.38. The number of hydrogen-bond acceptors (Lipinski definition) is 2. The van der Waals surface area contributed by atoms with Gasteiger partial charge in [0.25, 0.3) is 0 Å². The highest BCUT2D eigenvalue weighted by atomic mass is 15.1. The Bertz CT molecular complexity index is 276. The van der Waals surface area contributed by atoms with Gasteiger partial charge in [-0.05, 0) is 19.2 Å². The summed E-state index contributed by atoms with van der Waals surface area (Å²) in [5.41, 5.74) is 7.04. The van der Waals surface area contributed by atoms with Crippen molar-refractivity contribution in [3.05, 3.63) is 36.1 Å². The summed E-state index contributed by atoms with van der Waals surface area (Å²) in [7, 11) is 2.12. The molecule has 0 bridgehead atoms. The minimum Gasteiger partial charge on any atom is -0.373 e. The molecule has 0 saturated carbocycles. The standard InChI is InChI=1S/C11H16N2/c1-13-8-6-10-9(5-7-12)3-2-4-11(10)13/h2-4,6,8,10-11H,5,7,12H2,1H3. The fourth-order valence-corrected chi connectivity index (χ4v) is 2.11. The molecule has 0 fully saturated rings. The number of nitrogens with two attached hydrogens (primary N) is 1. The zero-order valence-electron chi connectivity index (χ0n) is 7.98. The van der Waals surface area contributed by atoms with Crippen molar-refractivity contribution in [1.29, 1.82) is 0 Å². The van der Waals surface area contributed by atoms with Gasteiger partial charge in [-0.1, -0.05) is 29.9 Å². The molecule has 1 heterocycles. The molecule has 2 unspecified atom stereocenters. The lowest BCUT2D eigenvalue weighted by Crippen LogP contribution is -2.29. The van der Waals surface area contributed by atoms with E-state index >= 15 is 0 Å². The van der Waals surface area contributed by atoms with Crippen molar-refractivity contribution < 1.29 is 0 Å². The molecule has 0 radical (unpaired) electrons. The molecule has 0 aromatic carbocycles. The number of rotatable bonds is 2. The first kappa shape index (κ1) is 8.57. The topological polar surface area (TPSA) is 29.3 Å². The van der Waals surface area contributed by atoms with E-state index in [4.69, 9.17) is 5.73 Å². The van der Waals surface area contributed by atoms with Crippen LogP contribution in [0.25, 0.3) is 0 Å². The summed E-state index contributed by atoms with van der Waals surface area (Å²) in [6, 6.07) is 0.534. The van der Waals surface area contributed by atoms with Crippen molar-refractivity contribution in [2.75, 3.05) is 13.6 Å². The molecule has 0 aromatic heterocycles. The predicted molar refractivity (Wildman–Crippen MR) is 55.1 cm³/mol. The molecule has 1 aliphatic heterocycles. The smallest absolute Gasteiger partial charge is 0.0568 e. The van der Waals surface area contributed by atoms with E-state index in [1.807, 2.05) is 0 Å². The van der Waals surface area contributed by atoms with Gasteiger partial charge in [0.15, 0.2) is 0 Å². The molecule has 70 valence electrons. The Labute approximate surface area is 79.4 Å². The van der Waals surface area contributed by atoms with Gasteiger partial charge in [-0.3, -0.25) is 0 Å². The Hall–Kier alpha value is -1.02. The average molecular weight is 176 g/mol. The zero-order chi connectivity index (χ0) is 9.26. The Kier molecular flexibility index (Phi) is 2.23. The van der Waals surface area contributed by atoms with Gasteiger partial charge in [0, 0.05) is 13.0 Å². The molecule has 0 aromatic rings. The van der Waals surface area contributed by atoms with Crippen LogP contribution in [0.4, 0.5) is 0 Å².